The molecule has 0 unspecified atom stereocenters. The van der Waals surface area contributed by atoms with E-state index in [1.807, 2.05) is 36.7 Å². The van der Waals surface area contributed by atoms with Crippen molar-refractivity contribution in [3.05, 3.63) is 72.0 Å². The van der Waals surface area contributed by atoms with E-state index in [4.69, 9.17) is 11.6 Å². The molecule has 3 aromatic heterocycles. The molecule has 3 heterocycles. The van der Waals surface area contributed by atoms with Crippen molar-refractivity contribution >= 4 is 22.5 Å². The van der Waals surface area contributed by atoms with E-state index in [2.05, 4.69) is 31.7 Å². The summed E-state index contributed by atoms with van der Waals surface area (Å²) in [6.45, 7) is 0.683. The second-order valence-corrected chi connectivity index (χ2v) is 5.48. The van der Waals surface area contributed by atoms with Crippen LogP contribution in [-0.4, -0.2) is 19.5 Å². The summed E-state index contributed by atoms with van der Waals surface area (Å²) in [5.41, 5.74) is 4.17. The van der Waals surface area contributed by atoms with Gasteiger partial charge in [-0.05, 0) is 17.7 Å². The number of fused-ring (bicyclic) bond motifs is 1. The van der Waals surface area contributed by atoms with Crippen LogP contribution in [0.5, 0.6) is 0 Å². The van der Waals surface area contributed by atoms with Gasteiger partial charge in [-0.25, -0.2) is 4.98 Å². The average molecular weight is 309 g/mol. The van der Waals surface area contributed by atoms with Crippen molar-refractivity contribution in [2.24, 2.45) is 0 Å². The summed E-state index contributed by atoms with van der Waals surface area (Å²) in [6.07, 6.45) is 7.37. The zero-order chi connectivity index (χ0) is 14.9. The number of para-hydroxylation sites is 1. The molecule has 0 spiro atoms. The first-order valence-corrected chi connectivity index (χ1v) is 7.37. The monoisotopic (exact) mass is 308 g/mol. The number of benzene rings is 1. The molecule has 1 N–H and O–H groups in total. The first-order valence-electron chi connectivity index (χ1n) is 6.99. The lowest BCUT2D eigenvalue weighted by atomic mass is 10.1. The van der Waals surface area contributed by atoms with Crippen LogP contribution in [0.15, 0.2) is 61.3 Å². The number of hydrogen-bond donors (Lipinski definition) is 1. The molecule has 0 aliphatic heterocycles. The molecule has 0 bridgehead atoms. The van der Waals surface area contributed by atoms with Crippen molar-refractivity contribution in [2.75, 3.05) is 0 Å². The first-order chi connectivity index (χ1) is 10.8. The molecular weight excluding hydrogens is 296 g/mol. The Labute approximate surface area is 132 Å². The Kier molecular flexibility index (Phi) is 3.16. The van der Waals surface area contributed by atoms with Crippen molar-refractivity contribution in [3.8, 4) is 11.3 Å². The minimum atomic E-state index is 0.508. The van der Waals surface area contributed by atoms with E-state index >= 15 is 0 Å². The number of nitrogens with one attached hydrogen (secondary N) is 1. The van der Waals surface area contributed by atoms with E-state index < -0.39 is 0 Å². The fraction of sp³-hybridized carbons (Fsp3) is 0.0588. The lowest BCUT2D eigenvalue weighted by Gasteiger charge is -2.08. The van der Waals surface area contributed by atoms with Crippen LogP contribution in [0.4, 0.5) is 0 Å². The fourth-order valence-corrected chi connectivity index (χ4v) is 2.95. The van der Waals surface area contributed by atoms with Gasteiger partial charge in [0.05, 0.1) is 18.6 Å². The molecule has 108 valence electrons. The summed E-state index contributed by atoms with van der Waals surface area (Å²) in [5, 5.41) is 1.64. The molecule has 0 aliphatic rings. The minimum Gasteiger partial charge on any atom is -0.360 e. The van der Waals surface area contributed by atoms with Gasteiger partial charge in [-0.1, -0.05) is 35.9 Å². The van der Waals surface area contributed by atoms with Crippen molar-refractivity contribution in [1.82, 2.24) is 19.5 Å². The van der Waals surface area contributed by atoms with E-state index in [1.165, 1.54) is 0 Å². The standard InChI is InChI=1S/C17H13ClN4/c18-17-16(14-9-20-15-6-2-1-5-13(14)15)22(11-21-17)10-12-4-3-7-19-8-12/h1-9,11,20H,10H2. The Bertz CT molecular complexity index is 924. The summed E-state index contributed by atoms with van der Waals surface area (Å²) in [5.74, 6) is 0. The van der Waals surface area contributed by atoms with Gasteiger partial charge in [0.1, 0.15) is 0 Å². The van der Waals surface area contributed by atoms with E-state index in [1.54, 1.807) is 12.5 Å². The van der Waals surface area contributed by atoms with Crippen LogP contribution < -0.4 is 0 Å². The molecule has 0 saturated carbocycles. The topological polar surface area (TPSA) is 46.5 Å². The summed E-state index contributed by atoms with van der Waals surface area (Å²) in [6, 6.07) is 12.1. The molecular formula is C17H13ClN4. The number of rotatable bonds is 3. The number of nitrogens with zero attached hydrogens (tertiary/aromatic N) is 3. The molecule has 0 radical (unpaired) electrons. The van der Waals surface area contributed by atoms with Gasteiger partial charge in [0, 0.05) is 35.1 Å². The number of hydrogen-bond acceptors (Lipinski definition) is 2. The third-order valence-electron chi connectivity index (χ3n) is 3.71. The fourth-order valence-electron chi connectivity index (χ4n) is 2.70. The van der Waals surface area contributed by atoms with E-state index in [9.17, 15) is 0 Å². The van der Waals surface area contributed by atoms with Crippen molar-refractivity contribution in [3.63, 3.8) is 0 Å². The highest BCUT2D eigenvalue weighted by Gasteiger charge is 2.15. The maximum atomic E-state index is 6.34. The molecule has 22 heavy (non-hydrogen) atoms. The predicted molar refractivity (Wildman–Crippen MR) is 87.9 cm³/mol. The summed E-state index contributed by atoms with van der Waals surface area (Å²) in [7, 11) is 0. The van der Waals surface area contributed by atoms with Gasteiger partial charge < -0.3 is 9.55 Å². The quantitative estimate of drug-likeness (QED) is 0.618. The first kappa shape index (κ1) is 13.1. The van der Waals surface area contributed by atoms with Crippen molar-refractivity contribution in [1.29, 1.82) is 0 Å². The Balaban J connectivity index is 1.84. The predicted octanol–water partition coefficient (Wildman–Crippen LogP) is 4.13. The highest BCUT2D eigenvalue weighted by molar-refractivity contribution is 6.32. The highest BCUT2D eigenvalue weighted by Crippen LogP contribution is 2.33. The van der Waals surface area contributed by atoms with Gasteiger partial charge in [-0.15, -0.1) is 0 Å². The summed E-state index contributed by atoms with van der Waals surface area (Å²) in [4.78, 5) is 11.7. The minimum absolute atomic E-state index is 0.508. The number of H-pyrrole nitrogens is 1. The number of pyridine rings is 1. The van der Waals surface area contributed by atoms with Crippen LogP contribution >= 0.6 is 11.6 Å². The molecule has 4 rings (SSSR count). The SMILES string of the molecule is Clc1ncn(Cc2cccnc2)c1-c1c[nH]c2ccccc12. The van der Waals surface area contributed by atoms with Gasteiger partial charge in [-0.2, -0.15) is 0 Å². The lowest BCUT2D eigenvalue weighted by molar-refractivity contribution is 0.801. The average Bonchev–Trinajstić information content (AvgIpc) is 3.12. The Morgan fingerprint density at radius 3 is 2.91 bits per heavy atom. The van der Waals surface area contributed by atoms with Gasteiger partial charge in [0.15, 0.2) is 5.15 Å². The molecule has 0 saturated heterocycles. The molecule has 0 atom stereocenters. The third-order valence-corrected chi connectivity index (χ3v) is 3.99. The van der Waals surface area contributed by atoms with Crippen LogP contribution in [0, 0.1) is 0 Å². The Hall–Kier alpha value is -2.59. The summed E-state index contributed by atoms with van der Waals surface area (Å²) >= 11 is 6.34. The largest absolute Gasteiger partial charge is 0.360 e. The normalized spacial score (nSPS) is 11.1. The zero-order valence-corrected chi connectivity index (χ0v) is 12.5. The number of aromatic amines is 1. The van der Waals surface area contributed by atoms with Crippen LogP contribution in [0.25, 0.3) is 22.2 Å². The third kappa shape index (κ3) is 2.18. The van der Waals surface area contributed by atoms with Crippen LogP contribution in [0.1, 0.15) is 5.56 Å². The Morgan fingerprint density at radius 2 is 2.05 bits per heavy atom. The molecule has 4 nitrogen and oxygen atoms in total. The Morgan fingerprint density at radius 1 is 1.14 bits per heavy atom. The molecule has 0 amide bonds. The van der Waals surface area contributed by atoms with E-state index in [-0.39, 0.29) is 0 Å². The number of imidazole rings is 1. The molecule has 4 aromatic rings. The smallest absolute Gasteiger partial charge is 0.155 e. The maximum Gasteiger partial charge on any atom is 0.155 e. The molecule has 0 fully saturated rings. The maximum absolute atomic E-state index is 6.34. The molecule has 5 heteroatoms. The number of halogens is 1. The zero-order valence-electron chi connectivity index (χ0n) is 11.7. The number of aromatic nitrogens is 4. The highest BCUT2D eigenvalue weighted by atomic mass is 35.5. The molecule has 1 aromatic carbocycles. The van der Waals surface area contributed by atoms with Gasteiger partial charge >= 0.3 is 0 Å². The summed E-state index contributed by atoms with van der Waals surface area (Å²) < 4.78 is 2.05. The van der Waals surface area contributed by atoms with E-state index in [0.29, 0.717) is 11.7 Å². The van der Waals surface area contributed by atoms with Crippen LogP contribution in [-0.2, 0) is 6.54 Å². The lowest BCUT2D eigenvalue weighted by Crippen LogP contribution is -2.00. The van der Waals surface area contributed by atoms with Gasteiger partial charge in [0.25, 0.3) is 0 Å². The second kappa shape index (κ2) is 5.31. The van der Waals surface area contributed by atoms with Gasteiger partial charge in [0.2, 0.25) is 0 Å². The van der Waals surface area contributed by atoms with Crippen molar-refractivity contribution in [2.45, 2.75) is 6.54 Å². The van der Waals surface area contributed by atoms with E-state index in [0.717, 1.165) is 27.7 Å². The van der Waals surface area contributed by atoms with Crippen LogP contribution in [0.3, 0.4) is 0 Å². The molecule has 0 aliphatic carbocycles. The van der Waals surface area contributed by atoms with Gasteiger partial charge in [-0.3, -0.25) is 4.98 Å². The second-order valence-electron chi connectivity index (χ2n) is 5.12. The van der Waals surface area contributed by atoms with Crippen molar-refractivity contribution < 1.29 is 0 Å². The van der Waals surface area contributed by atoms with Crippen LogP contribution in [0.2, 0.25) is 5.15 Å².